The van der Waals surface area contributed by atoms with E-state index in [1.54, 1.807) is 12.3 Å². The normalized spacial score (nSPS) is 24.7. The number of methoxy groups -OCH3 is 1. The van der Waals surface area contributed by atoms with E-state index < -0.39 is 0 Å². The number of ether oxygens (including phenoxy) is 1. The van der Waals surface area contributed by atoms with Gasteiger partial charge in [0.05, 0.1) is 7.11 Å². The van der Waals surface area contributed by atoms with Crippen LogP contribution in [0.2, 0.25) is 0 Å². The van der Waals surface area contributed by atoms with Crippen molar-refractivity contribution in [3.63, 3.8) is 0 Å². The molecule has 2 aliphatic carbocycles. The highest BCUT2D eigenvalue weighted by Crippen LogP contribution is 2.36. The van der Waals surface area contributed by atoms with Crippen LogP contribution >= 0.6 is 15.9 Å². The van der Waals surface area contributed by atoms with Gasteiger partial charge in [-0.05, 0) is 65.9 Å². The van der Waals surface area contributed by atoms with Crippen molar-refractivity contribution in [1.29, 1.82) is 0 Å². The number of hydrogen-bond donors (Lipinski definition) is 1. The summed E-state index contributed by atoms with van der Waals surface area (Å²) in [4.78, 5) is 16.4. The lowest BCUT2D eigenvalue weighted by atomic mass is 9.76. The number of anilines is 1. The molecule has 2 fully saturated rings. The van der Waals surface area contributed by atoms with E-state index in [1.165, 1.54) is 58.5 Å². The van der Waals surface area contributed by atoms with Gasteiger partial charge in [0, 0.05) is 16.7 Å². The summed E-state index contributed by atoms with van der Waals surface area (Å²) >= 11 is 3.38. The molecule has 1 aromatic rings. The van der Waals surface area contributed by atoms with Crippen molar-refractivity contribution in [3.8, 4) is 0 Å². The molecule has 2 aliphatic rings. The van der Waals surface area contributed by atoms with Crippen LogP contribution in [0, 0.1) is 11.8 Å². The molecule has 0 atom stereocenters. The van der Waals surface area contributed by atoms with Gasteiger partial charge in [-0.3, -0.25) is 0 Å². The fourth-order valence-electron chi connectivity index (χ4n) is 4.45. The maximum Gasteiger partial charge on any atom is 0.341 e. The van der Waals surface area contributed by atoms with Gasteiger partial charge in [-0.1, -0.05) is 32.1 Å². The highest BCUT2D eigenvalue weighted by molar-refractivity contribution is 9.10. The minimum atomic E-state index is -0.345. The SMILES string of the molecule is COC(=O)c1cc(Br)cnc1NC1CCC(CC2CCCCC2)CC1. The minimum Gasteiger partial charge on any atom is -0.465 e. The first-order valence-corrected chi connectivity index (χ1v) is 10.5. The fourth-order valence-corrected chi connectivity index (χ4v) is 4.78. The number of hydrogen-bond acceptors (Lipinski definition) is 4. The Hall–Kier alpha value is -1.10. The molecule has 0 aromatic carbocycles. The molecule has 4 nitrogen and oxygen atoms in total. The Labute approximate surface area is 159 Å². The van der Waals surface area contributed by atoms with Crippen LogP contribution in [0.1, 0.15) is 74.6 Å². The number of nitrogens with one attached hydrogen (secondary N) is 1. The van der Waals surface area contributed by atoms with Crippen molar-refractivity contribution >= 4 is 27.7 Å². The van der Waals surface area contributed by atoms with E-state index in [0.29, 0.717) is 17.4 Å². The van der Waals surface area contributed by atoms with Gasteiger partial charge in [0.2, 0.25) is 0 Å². The van der Waals surface area contributed by atoms with Crippen molar-refractivity contribution in [1.82, 2.24) is 4.98 Å². The van der Waals surface area contributed by atoms with Crippen LogP contribution in [-0.2, 0) is 4.74 Å². The molecule has 0 spiro atoms. The summed E-state index contributed by atoms with van der Waals surface area (Å²) in [5, 5.41) is 3.48. The van der Waals surface area contributed by atoms with Crippen molar-refractivity contribution in [2.24, 2.45) is 11.8 Å². The van der Waals surface area contributed by atoms with Gasteiger partial charge >= 0.3 is 5.97 Å². The second kappa shape index (κ2) is 9.02. The van der Waals surface area contributed by atoms with Crippen molar-refractivity contribution < 1.29 is 9.53 Å². The maximum absolute atomic E-state index is 12.0. The number of carbonyl (C=O) groups is 1. The summed E-state index contributed by atoms with van der Waals surface area (Å²) in [7, 11) is 1.41. The molecule has 0 aliphatic heterocycles. The maximum atomic E-state index is 12.0. The molecule has 0 radical (unpaired) electrons. The fraction of sp³-hybridized carbons (Fsp3) is 0.700. The minimum absolute atomic E-state index is 0.345. The van der Waals surface area contributed by atoms with Crippen LogP contribution in [0.25, 0.3) is 0 Å². The van der Waals surface area contributed by atoms with Gasteiger partial charge in [0.15, 0.2) is 0 Å². The van der Waals surface area contributed by atoms with Gasteiger partial charge in [-0.15, -0.1) is 0 Å². The molecule has 138 valence electrons. The molecule has 1 aromatic heterocycles. The Kier molecular flexibility index (Phi) is 6.74. The van der Waals surface area contributed by atoms with E-state index in [-0.39, 0.29) is 5.97 Å². The Morgan fingerprint density at radius 1 is 1.16 bits per heavy atom. The lowest BCUT2D eigenvalue weighted by Gasteiger charge is -2.33. The molecule has 1 heterocycles. The zero-order chi connectivity index (χ0) is 17.6. The van der Waals surface area contributed by atoms with Crippen LogP contribution in [0.5, 0.6) is 0 Å². The van der Waals surface area contributed by atoms with Crippen molar-refractivity contribution in [2.45, 2.75) is 70.3 Å². The molecule has 0 unspecified atom stereocenters. The molecule has 0 saturated heterocycles. The first kappa shape index (κ1) is 18.7. The largest absolute Gasteiger partial charge is 0.465 e. The van der Waals surface area contributed by atoms with E-state index in [4.69, 9.17) is 4.74 Å². The number of nitrogens with zero attached hydrogens (tertiary/aromatic N) is 1. The smallest absolute Gasteiger partial charge is 0.341 e. The second-order valence-corrected chi connectivity index (χ2v) is 8.56. The lowest BCUT2D eigenvalue weighted by molar-refractivity contribution is 0.0601. The second-order valence-electron chi connectivity index (χ2n) is 7.64. The van der Waals surface area contributed by atoms with Gasteiger partial charge in [0.25, 0.3) is 0 Å². The zero-order valence-corrected chi connectivity index (χ0v) is 16.7. The Bertz CT molecular complexity index is 579. The summed E-state index contributed by atoms with van der Waals surface area (Å²) in [5.41, 5.74) is 0.501. The standard InChI is InChI=1S/C20H29BrN2O2/c1-25-20(24)18-12-16(21)13-22-19(18)23-17-9-7-15(8-10-17)11-14-5-3-2-4-6-14/h12-15,17H,2-11H2,1H3,(H,22,23). The number of pyridine rings is 1. The summed E-state index contributed by atoms with van der Waals surface area (Å²) < 4.78 is 5.67. The third-order valence-electron chi connectivity index (χ3n) is 5.84. The average Bonchev–Trinajstić information content (AvgIpc) is 2.65. The Morgan fingerprint density at radius 2 is 1.84 bits per heavy atom. The quantitative estimate of drug-likeness (QED) is 0.646. The van der Waals surface area contributed by atoms with Crippen LogP contribution < -0.4 is 5.32 Å². The molecular weight excluding hydrogens is 380 g/mol. The zero-order valence-electron chi connectivity index (χ0n) is 15.1. The van der Waals surface area contributed by atoms with E-state index >= 15 is 0 Å². The van der Waals surface area contributed by atoms with Crippen LogP contribution in [0.4, 0.5) is 5.82 Å². The highest BCUT2D eigenvalue weighted by atomic mass is 79.9. The predicted octanol–water partition coefficient (Wildman–Crippen LogP) is 5.57. The Balaban J connectivity index is 1.53. The van der Waals surface area contributed by atoms with E-state index in [9.17, 15) is 4.79 Å². The van der Waals surface area contributed by atoms with Gasteiger partial charge in [-0.25, -0.2) is 9.78 Å². The number of rotatable bonds is 5. The van der Waals surface area contributed by atoms with Crippen LogP contribution in [-0.4, -0.2) is 24.1 Å². The van der Waals surface area contributed by atoms with Gasteiger partial charge in [-0.2, -0.15) is 0 Å². The van der Waals surface area contributed by atoms with Gasteiger partial charge < -0.3 is 10.1 Å². The van der Waals surface area contributed by atoms with Crippen LogP contribution in [0.15, 0.2) is 16.7 Å². The first-order chi connectivity index (χ1) is 12.2. The number of aromatic nitrogens is 1. The summed E-state index contributed by atoms with van der Waals surface area (Å²) in [5.74, 6) is 2.16. The summed E-state index contributed by atoms with van der Waals surface area (Å²) in [6, 6.07) is 2.18. The van der Waals surface area contributed by atoms with Gasteiger partial charge in [0.1, 0.15) is 11.4 Å². The van der Waals surface area contributed by atoms with Crippen molar-refractivity contribution in [3.05, 3.63) is 22.3 Å². The molecule has 0 bridgehead atoms. The summed E-state index contributed by atoms with van der Waals surface area (Å²) in [6.45, 7) is 0. The highest BCUT2D eigenvalue weighted by Gasteiger charge is 2.26. The third kappa shape index (κ3) is 5.19. The molecule has 25 heavy (non-hydrogen) atoms. The monoisotopic (exact) mass is 408 g/mol. The number of esters is 1. The lowest BCUT2D eigenvalue weighted by Crippen LogP contribution is -2.28. The molecule has 5 heteroatoms. The number of halogens is 1. The average molecular weight is 409 g/mol. The molecule has 1 N–H and O–H groups in total. The van der Waals surface area contributed by atoms with Crippen LogP contribution in [0.3, 0.4) is 0 Å². The first-order valence-electron chi connectivity index (χ1n) is 9.66. The van der Waals surface area contributed by atoms with Crippen molar-refractivity contribution in [2.75, 3.05) is 12.4 Å². The number of carbonyl (C=O) groups excluding carboxylic acids is 1. The molecule has 2 saturated carbocycles. The molecular formula is C20H29BrN2O2. The molecule has 3 rings (SSSR count). The Morgan fingerprint density at radius 3 is 2.52 bits per heavy atom. The van der Waals surface area contributed by atoms with E-state index in [0.717, 1.165) is 29.2 Å². The third-order valence-corrected chi connectivity index (χ3v) is 6.27. The summed E-state index contributed by atoms with van der Waals surface area (Å²) in [6.07, 6.45) is 15.3. The topological polar surface area (TPSA) is 51.2 Å². The van der Waals surface area contributed by atoms with E-state index in [2.05, 4.69) is 26.2 Å². The molecule has 0 amide bonds. The van der Waals surface area contributed by atoms with E-state index in [1.807, 2.05) is 0 Å². The predicted molar refractivity (Wildman–Crippen MR) is 104 cm³/mol.